The predicted octanol–water partition coefficient (Wildman–Crippen LogP) is 4.39. The molecule has 0 radical (unpaired) electrons. The summed E-state index contributed by atoms with van der Waals surface area (Å²) in [5.41, 5.74) is 2.80. The normalized spacial score (nSPS) is 10.9. The second-order valence-corrected chi connectivity index (χ2v) is 5.72. The summed E-state index contributed by atoms with van der Waals surface area (Å²) in [5, 5.41) is 20.1. The van der Waals surface area contributed by atoms with Crippen LogP contribution in [0.15, 0.2) is 71.7 Å². The van der Waals surface area contributed by atoms with Gasteiger partial charge in [0.1, 0.15) is 11.5 Å². The fourth-order valence-corrected chi connectivity index (χ4v) is 2.40. The average molecular weight is 331 g/mol. The first kappa shape index (κ1) is 16.5. The molecule has 0 bridgehead atoms. The van der Waals surface area contributed by atoms with E-state index in [1.54, 1.807) is 24.3 Å². The molecule has 3 aromatic carbocycles. The highest BCUT2D eigenvalue weighted by Gasteiger charge is 2.16. The number of carbonyl (C=O) groups excluding carboxylic acids is 1. The highest BCUT2D eigenvalue weighted by atomic mass is 16.3. The van der Waals surface area contributed by atoms with Crippen LogP contribution >= 0.6 is 0 Å². The lowest BCUT2D eigenvalue weighted by molar-refractivity contribution is 0.103. The molecule has 0 aliphatic carbocycles. The summed E-state index contributed by atoms with van der Waals surface area (Å²) in [6.07, 6.45) is 1.47. The van der Waals surface area contributed by atoms with Crippen LogP contribution in [0.1, 0.15) is 27.0 Å². The number of phenols is 2. The van der Waals surface area contributed by atoms with Crippen molar-refractivity contribution in [3.8, 4) is 11.5 Å². The lowest BCUT2D eigenvalue weighted by atomic mass is 10.00. The standard InChI is InChI=1S/C21H17NO3/c1-14-7-9-17(10-8-14)22-13-16-11-18(20(24)12-19(16)23)21(25)15-5-3-2-4-6-15/h2-13,23-24H,1H3. The van der Waals surface area contributed by atoms with Crippen molar-refractivity contribution >= 4 is 17.7 Å². The zero-order valence-electron chi connectivity index (χ0n) is 13.7. The van der Waals surface area contributed by atoms with E-state index in [0.29, 0.717) is 11.1 Å². The second kappa shape index (κ2) is 7.01. The number of carbonyl (C=O) groups is 1. The monoisotopic (exact) mass is 331 g/mol. The first-order valence-electron chi connectivity index (χ1n) is 7.81. The van der Waals surface area contributed by atoms with Gasteiger partial charge in [-0.05, 0) is 25.1 Å². The number of ketones is 1. The summed E-state index contributed by atoms with van der Waals surface area (Å²) in [7, 11) is 0. The van der Waals surface area contributed by atoms with Crippen molar-refractivity contribution in [2.75, 3.05) is 0 Å². The smallest absolute Gasteiger partial charge is 0.196 e. The van der Waals surface area contributed by atoms with E-state index in [0.717, 1.165) is 17.3 Å². The number of hydrogen-bond donors (Lipinski definition) is 2. The van der Waals surface area contributed by atoms with Gasteiger partial charge in [-0.2, -0.15) is 0 Å². The number of aliphatic imine (C=N–C) groups is 1. The highest BCUT2D eigenvalue weighted by molar-refractivity contribution is 6.11. The van der Waals surface area contributed by atoms with Crippen LogP contribution in [0.25, 0.3) is 0 Å². The molecule has 0 spiro atoms. The molecule has 0 amide bonds. The Morgan fingerprint density at radius 3 is 2.28 bits per heavy atom. The predicted molar refractivity (Wildman–Crippen MR) is 98.1 cm³/mol. The minimum Gasteiger partial charge on any atom is -0.507 e. The molecule has 3 aromatic rings. The summed E-state index contributed by atoms with van der Waals surface area (Å²) in [4.78, 5) is 16.9. The van der Waals surface area contributed by atoms with E-state index in [1.165, 1.54) is 12.3 Å². The molecular weight excluding hydrogens is 314 g/mol. The lowest BCUT2D eigenvalue weighted by Crippen LogP contribution is -2.02. The molecule has 3 rings (SSSR count). The van der Waals surface area contributed by atoms with Crippen LogP contribution in [-0.4, -0.2) is 22.2 Å². The largest absolute Gasteiger partial charge is 0.507 e. The Kier molecular flexibility index (Phi) is 4.61. The lowest BCUT2D eigenvalue weighted by Gasteiger charge is -2.07. The molecule has 124 valence electrons. The Balaban J connectivity index is 1.95. The Morgan fingerprint density at radius 2 is 1.60 bits per heavy atom. The Morgan fingerprint density at radius 1 is 0.920 bits per heavy atom. The van der Waals surface area contributed by atoms with Crippen LogP contribution in [0.2, 0.25) is 0 Å². The zero-order valence-corrected chi connectivity index (χ0v) is 13.7. The van der Waals surface area contributed by atoms with E-state index in [4.69, 9.17) is 0 Å². The van der Waals surface area contributed by atoms with Gasteiger partial charge in [-0.3, -0.25) is 9.79 Å². The van der Waals surface area contributed by atoms with Crippen LogP contribution in [0.4, 0.5) is 5.69 Å². The van der Waals surface area contributed by atoms with Crippen LogP contribution in [0.5, 0.6) is 11.5 Å². The van der Waals surface area contributed by atoms with Gasteiger partial charge in [-0.15, -0.1) is 0 Å². The number of hydrogen-bond acceptors (Lipinski definition) is 4. The molecule has 0 aliphatic heterocycles. The number of aryl methyl sites for hydroxylation is 1. The summed E-state index contributed by atoms with van der Waals surface area (Å²) in [6.45, 7) is 1.99. The van der Waals surface area contributed by atoms with Crippen LogP contribution in [0, 0.1) is 6.92 Å². The van der Waals surface area contributed by atoms with Crippen LogP contribution < -0.4 is 0 Å². The van der Waals surface area contributed by atoms with E-state index < -0.39 is 0 Å². The zero-order chi connectivity index (χ0) is 17.8. The van der Waals surface area contributed by atoms with Gasteiger partial charge >= 0.3 is 0 Å². The van der Waals surface area contributed by atoms with E-state index in [2.05, 4.69) is 4.99 Å². The first-order valence-corrected chi connectivity index (χ1v) is 7.81. The van der Waals surface area contributed by atoms with Crippen molar-refractivity contribution < 1.29 is 15.0 Å². The second-order valence-electron chi connectivity index (χ2n) is 5.72. The molecule has 0 saturated heterocycles. The number of nitrogens with zero attached hydrogens (tertiary/aromatic N) is 1. The summed E-state index contributed by atoms with van der Waals surface area (Å²) in [6, 6.07) is 18.9. The first-order chi connectivity index (χ1) is 12.0. The van der Waals surface area contributed by atoms with Crippen molar-refractivity contribution in [1.29, 1.82) is 0 Å². The van der Waals surface area contributed by atoms with Crippen molar-refractivity contribution in [3.63, 3.8) is 0 Å². The Hall–Kier alpha value is -3.40. The third kappa shape index (κ3) is 3.75. The molecule has 0 unspecified atom stereocenters. The van der Waals surface area contributed by atoms with Crippen molar-refractivity contribution in [2.45, 2.75) is 6.92 Å². The minimum atomic E-state index is -0.317. The van der Waals surface area contributed by atoms with Gasteiger partial charge in [-0.1, -0.05) is 48.0 Å². The van der Waals surface area contributed by atoms with Gasteiger partial charge in [0.25, 0.3) is 0 Å². The van der Waals surface area contributed by atoms with Crippen LogP contribution in [-0.2, 0) is 0 Å². The number of benzene rings is 3. The maximum atomic E-state index is 12.6. The van der Waals surface area contributed by atoms with Gasteiger partial charge in [0, 0.05) is 23.4 Å². The quantitative estimate of drug-likeness (QED) is 0.550. The Bertz CT molecular complexity index is 929. The average Bonchev–Trinajstić information content (AvgIpc) is 2.62. The minimum absolute atomic E-state index is 0.120. The third-order valence-electron chi connectivity index (χ3n) is 3.81. The van der Waals surface area contributed by atoms with E-state index >= 15 is 0 Å². The van der Waals surface area contributed by atoms with Crippen molar-refractivity contribution in [2.24, 2.45) is 4.99 Å². The molecule has 0 atom stereocenters. The molecular formula is C21H17NO3. The third-order valence-corrected chi connectivity index (χ3v) is 3.81. The molecule has 4 nitrogen and oxygen atoms in total. The maximum absolute atomic E-state index is 12.6. The maximum Gasteiger partial charge on any atom is 0.196 e. The molecule has 0 fully saturated rings. The topological polar surface area (TPSA) is 69.9 Å². The number of phenolic OH excluding ortho intramolecular Hbond substituents is 2. The van der Waals surface area contributed by atoms with Gasteiger partial charge < -0.3 is 10.2 Å². The van der Waals surface area contributed by atoms with E-state index in [1.807, 2.05) is 37.3 Å². The molecule has 4 heteroatoms. The molecule has 2 N–H and O–H groups in total. The molecule has 0 aliphatic rings. The van der Waals surface area contributed by atoms with Gasteiger partial charge in [0.15, 0.2) is 5.78 Å². The van der Waals surface area contributed by atoms with E-state index in [-0.39, 0.29) is 22.8 Å². The highest BCUT2D eigenvalue weighted by Crippen LogP contribution is 2.28. The van der Waals surface area contributed by atoms with Crippen LogP contribution in [0.3, 0.4) is 0 Å². The summed E-state index contributed by atoms with van der Waals surface area (Å²) < 4.78 is 0. The molecule has 0 heterocycles. The number of rotatable bonds is 4. The summed E-state index contributed by atoms with van der Waals surface area (Å²) >= 11 is 0. The fraction of sp³-hybridized carbons (Fsp3) is 0.0476. The summed E-state index contributed by atoms with van der Waals surface area (Å²) in [5.74, 6) is -0.722. The van der Waals surface area contributed by atoms with Gasteiger partial charge in [0.2, 0.25) is 0 Å². The fourth-order valence-electron chi connectivity index (χ4n) is 2.40. The van der Waals surface area contributed by atoms with Gasteiger partial charge in [0.05, 0.1) is 11.3 Å². The van der Waals surface area contributed by atoms with Crippen molar-refractivity contribution in [1.82, 2.24) is 0 Å². The van der Waals surface area contributed by atoms with Crippen molar-refractivity contribution in [3.05, 3.63) is 89.0 Å². The molecule has 25 heavy (non-hydrogen) atoms. The van der Waals surface area contributed by atoms with E-state index in [9.17, 15) is 15.0 Å². The molecule has 0 aromatic heterocycles. The molecule has 0 saturated carbocycles. The SMILES string of the molecule is Cc1ccc(N=Cc2cc(C(=O)c3ccccc3)c(O)cc2O)cc1. The Labute approximate surface area is 145 Å². The van der Waals surface area contributed by atoms with Gasteiger partial charge in [-0.25, -0.2) is 0 Å². The number of aromatic hydroxyl groups is 2.